The summed E-state index contributed by atoms with van der Waals surface area (Å²) in [6, 6.07) is 14.6. The molecule has 2 aliphatic heterocycles. The zero-order valence-corrected chi connectivity index (χ0v) is 22.9. The van der Waals surface area contributed by atoms with E-state index in [4.69, 9.17) is 18.6 Å². The predicted octanol–water partition coefficient (Wildman–Crippen LogP) is 6.43. The molecule has 0 bridgehead atoms. The van der Waals surface area contributed by atoms with Crippen molar-refractivity contribution in [3.8, 4) is 11.5 Å². The fourth-order valence-electron chi connectivity index (χ4n) is 6.51. The standard InChI is InChI=1S/C31H30F3NO6/c1-4-38-27(37)29(14-7-15-29)40-19-10-12-21-23(16-19)41-28(2,3)24(17-18-11-13-25(39-18)31(32,33)34)30(21)20-8-5-6-9-22(20)35-26(30)36/h5-6,8-13,16,24H,4,7,14-15,17H2,1-3H3,(H,35,36)/t24?,30-/m1/s1. The van der Waals surface area contributed by atoms with E-state index in [0.29, 0.717) is 41.2 Å². The molecule has 216 valence electrons. The Morgan fingerprint density at radius 2 is 1.83 bits per heavy atom. The summed E-state index contributed by atoms with van der Waals surface area (Å²) in [5.41, 5.74) is -1.53. The molecule has 1 amide bonds. The fourth-order valence-corrected chi connectivity index (χ4v) is 6.51. The highest BCUT2D eigenvalue weighted by molar-refractivity contribution is 6.09. The lowest BCUT2D eigenvalue weighted by atomic mass is 9.58. The molecule has 2 aromatic carbocycles. The van der Waals surface area contributed by atoms with E-state index in [-0.39, 0.29) is 24.7 Å². The average Bonchev–Trinajstić information content (AvgIpc) is 3.47. The van der Waals surface area contributed by atoms with Crippen LogP contribution in [0.2, 0.25) is 0 Å². The molecule has 0 radical (unpaired) electrons. The second kappa shape index (κ2) is 9.29. The average molecular weight is 570 g/mol. The first-order valence-electron chi connectivity index (χ1n) is 13.7. The third-order valence-electron chi connectivity index (χ3n) is 8.54. The van der Waals surface area contributed by atoms with Gasteiger partial charge in [0.05, 0.1) is 6.61 Å². The van der Waals surface area contributed by atoms with Gasteiger partial charge in [-0.3, -0.25) is 4.79 Å². The van der Waals surface area contributed by atoms with Gasteiger partial charge in [-0.2, -0.15) is 13.2 Å². The van der Waals surface area contributed by atoms with Gasteiger partial charge < -0.3 is 23.9 Å². The number of fused-ring (bicyclic) bond motifs is 4. The quantitative estimate of drug-likeness (QED) is 0.344. The number of carbonyl (C=O) groups is 2. The largest absolute Gasteiger partial charge is 0.487 e. The first kappa shape index (κ1) is 27.2. The Bertz CT molecular complexity index is 1520. The highest BCUT2D eigenvalue weighted by atomic mass is 19.4. The SMILES string of the molecule is CCOC(=O)C1(Oc2ccc3c(c2)OC(C)(C)C(Cc2ccc(C(F)(F)F)o2)[C@]32C(=O)Nc3ccccc32)CCC1. The van der Waals surface area contributed by atoms with Crippen LogP contribution in [0.5, 0.6) is 11.5 Å². The zero-order chi connectivity index (χ0) is 29.2. The minimum Gasteiger partial charge on any atom is -0.487 e. The van der Waals surface area contributed by atoms with Gasteiger partial charge in [-0.15, -0.1) is 0 Å². The van der Waals surface area contributed by atoms with Gasteiger partial charge in [0.15, 0.2) is 0 Å². The summed E-state index contributed by atoms with van der Waals surface area (Å²) in [6.07, 6.45) is -2.73. The van der Waals surface area contributed by atoms with Crippen LogP contribution in [0.25, 0.3) is 0 Å². The number of halogens is 3. The maximum Gasteiger partial charge on any atom is 0.449 e. The normalized spacial score (nSPS) is 23.6. The molecular formula is C31H30F3NO6. The number of anilines is 1. The highest BCUT2D eigenvalue weighted by Crippen LogP contribution is 2.58. The summed E-state index contributed by atoms with van der Waals surface area (Å²) in [5.74, 6) is -1.58. The lowest BCUT2D eigenvalue weighted by Crippen LogP contribution is -2.58. The van der Waals surface area contributed by atoms with E-state index < -0.39 is 40.4 Å². The predicted molar refractivity (Wildman–Crippen MR) is 142 cm³/mol. The van der Waals surface area contributed by atoms with Crippen LogP contribution in [0.3, 0.4) is 0 Å². The van der Waals surface area contributed by atoms with Crippen LogP contribution in [-0.4, -0.2) is 29.7 Å². The third kappa shape index (κ3) is 4.18. The number of benzene rings is 2. The number of ether oxygens (including phenoxy) is 3. The second-order valence-electron chi connectivity index (χ2n) is 11.4. The molecule has 1 N–H and O–H groups in total. The summed E-state index contributed by atoms with van der Waals surface area (Å²) in [7, 11) is 0. The Morgan fingerprint density at radius 3 is 2.49 bits per heavy atom. The van der Waals surface area contributed by atoms with Crippen LogP contribution < -0.4 is 14.8 Å². The Labute approximate surface area is 235 Å². The van der Waals surface area contributed by atoms with Crippen LogP contribution in [0.4, 0.5) is 18.9 Å². The lowest BCUT2D eigenvalue weighted by Gasteiger charge is -2.50. The van der Waals surface area contributed by atoms with E-state index in [0.717, 1.165) is 12.5 Å². The summed E-state index contributed by atoms with van der Waals surface area (Å²) in [4.78, 5) is 26.8. The van der Waals surface area contributed by atoms with Crippen LogP contribution in [-0.2, 0) is 32.3 Å². The molecule has 3 heterocycles. The van der Waals surface area contributed by atoms with Crippen molar-refractivity contribution in [3.63, 3.8) is 0 Å². The topological polar surface area (TPSA) is 87.0 Å². The van der Waals surface area contributed by atoms with Crippen molar-refractivity contribution in [2.75, 3.05) is 11.9 Å². The van der Waals surface area contributed by atoms with Crippen molar-refractivity contribution >= 4 is 17.6 Å². The minimum absolute atomic E-state index is 0.00843. The Morgan fingerprint density at radius 1 is 1.07 bits per heavy atom. The Kier molecular flexibility index (Phi) is 6.17. The molecule has 1 spiro atoms. The summed E-state index contributed by atoms with van der Waals surface area (Å²) in [5, 5.41) is 2.98. The van der Waals surface area contributed by atoms with Gasteiger partial charge in [-0.05, 0) is 69.9 Å². The summed E-state index contributed by atoms with van der Waals surface area (Å²) < 4.78 is 63.2. The van der Waals surface area contributed by atoms with Crippen molar-refractivity contribution in [3.05, 3.63) is 77.2 Å². The number of nitrogens with one attached hydrogen (secondary N) is 1. The van der Waals surface area contributed by atoms with E-state index in [1.165, 1.54) is 6.07 Å². The third-order valence-corrected chi connectivity index (χ3v) is 8.54. The smallest absolute Gasteiger partial charge is 0.449 e. The van der Waals surface area contributed by atoms with E-state index in [2.05, 4.69) is 5.32 Å². The maximum atomic E-state index is 14.1. The van der Waals surface area contributed by atoms with Gasteiger partial charge in [0.2, 0.25) is 17.3 Å². The van der Waals surface area contributed by atoms with E-state index in [1.54, 1.807) is 31.2 Å². The molecule has 1 unspecified atom stereocenters. The molecule has 3 aliphatic rings. The lowest BCUT2D eigenvalue weighted by molar-refractivity contribution is -0.169. The number of carbonyl (C=O) groups excluding carboxylic acids is 2. The summed E-state index contributed by atoms with van der Waals surface area (Å²) in [6.45, 7) is 5.60. The molecule has 1 aliphatic carbocycles. The van der Waals surface area contributed by atoms with Gasteiger partial charge in [0.1, 0.15) is 28.3 Å². The van der Waals surface area contributed by atoms with E-state index in [9.17, 15) is 22.8 Å². The van der Waals surface area contributed by atoms with Crippen molar-refractivity contribution in [1.82, 2.24) is 0 Å². The van der Waals surface area contributed by atoms with Crippen molar-refractivity contribution in [1.29, 1.82) is 0 Å². The first-order chi connectivity index (χ1) is 19.4. The molecule has 1 fully saturated rings. The van der Waals surface area contributed by atoms with Crippen molar-refractivity contribution < 1.29 is 41.4 Å². The molecule has 41 heavy (non-hydrogen) atoms. The zero-order valence-electron chi connectivity index (χ0n) is 22.9. The van der Waals surface area contributed by atoms with Gasteiger partial charge in [0.25, 0.3) is 0 Å². The van der Waals surface area contributed by atoms with E-state index >= 15 is 0 Å². The molecule has 3 aromatic rings. The molecule has 6 rings (SSSR count). The van der Waals surface area contributed by atoms with Crippen LogP contribution in [0.15, 0.2) is 59.0 Å². The molecule has 0 saturated heterocycles. The fraction of sp³-hybridized carbons (Fsp3) is 0.419. The van der Waals surface area contributed by atoms with Gasteiger partial charge in [-0.25, -0.2) is 4.79 Å². The highest BCUT2D eigenvalue weighted by Gasteiger charge is 2.62. The van der Waals surface area contributed by atoms with Gasteiger partial charge in [0, 0.05) is 29.7 Å². The Hall–Kier alpha value is -3.95. The molecule has 1 saturated carbocycles. The maximum absolute atomic E-state index is 14.1. The number of rotatable bonds is 6. The number of furan rings is 1. The number of alkyl halides is 3. The van der Waals surface area contributed by atoms with Crippen LogP contribution in [0.1, 0.15) is 62.7 Å². The monoisotopic (exact) mass is 569 g/mol. The Balaban J connectivity index is 1.47. The molecule has 2 atom stereocenters. The molecule has 10 heteroatoms. The van der Waals surface area contributed by atoms with Crippen molar-refractivity contribution in [2.45, 2.75) is 69.2 Å². The van der Waals surface area contributed by atoms with Crippen LogP contribution in [0, 0.1) is 5.92 Å². The van der Waals surface area contributed by atoms with Crippen molar-refractivity contribution in [2.24, 2.45) is 5.92 Å². The first-order valence-corrected chi connectivity index (χ1v) is 13.7. The van der Waals surface area contributed by atoms with Crippen LogP contribution >= 0.6 is 0 Å². The van der Waals surface area contributed by atoms with Gasteiger partial charge in [-0.1, -0.05) is 24.3 Å². The van der Waals surface area contributed by atoms with Gasteiger partial charge >= 0.3 is 12.1 Å². The number of esters is 1. The summed E-state index contributed by atoms with van der Waals surface area (Å²) >= 11 is 0. The number of hydrogen-bond donors (Lipinski definition) is 1. The molecular weight excluding hydrogens is 539 g/mol. The minimum atomic E-state index is -4.63. The molecule has 7 nitrogen and oxygen atoms in total. The second-order valence-corrected chi connectivity index (χ2v) is 11.4. The number of para-hydroxylation sites is 1. The van der Waals surface area contributed by atoms with E-state index in [1.807, 2.05) is 32.0 Å². The number of hydrogen-bond acceptors (Lipinski definition) is 6. The molecule has 1 aromatic heterocycles. The number of amides is 1.